The van der Waals surface area contributed by atoms with E-state index in [-0.39, 0.29) is 33.9 Å². The Morgan fingerprint density at radius 2 is 1.91 bits per heavy atom. The van der Waals surface area contributed by atoms with Crippen LogP contribution >= 0.6 is 11.3 Å². The van der Waals surface area contributed by atoms with Crippen LogP contribution in [-0.2, 0) is 24.4 Å². The lowest BCUT2D eigenvalue weighted by molar-refractivity contribution is 0.0540. The molecule has 0 saturated carbocycles. The van der Waals surface area contributed by atoms with Crippen molar-refractivity contribution >= 4 is 40.3 Å². The monoisotopic (exact) mass is 623 g/mol. The summed E-state index contributed by atoms with van der Waals surface area (Å²) < 4.78 is 34.0. The first-order chi connectivity index (χ1) is 21.0. The number of nitrogens with one attached hydrogen (secondary N) is 2. The average Bonchev–Trinajstić information content (AvgIpc) is 3.76. The zero-order chi connectivity index (χ0) is 31.4. The Labute approximate surface area is 260 Å². The highest BCUT2D eigenvalue weighted by Crippen LogP contribution is 2.30. The van der Waals surface area contributed by atoms with Crippen molar-refractivity contribution in [2.24, 2.45) is 5.41 Å². The van der Waals surface area contributed by atoms with Crippen LogP contribution in [0.3, 0.4) is 0 Å². The Balaban J connectivity index is 1.42. The number of aromatic nitrogens is 2. The number of rotatable bonds is 10. The molecule has 0 spiro atoms. The van der Waals surface area contributed by atoms with Gasteiger partial charge in [0.25, 0.3) is 12.3 Å². The van der Waals surface area contributed by atoms with E-state index in [2.05, 4.69) is 31.4 Å². The number of carbonyl (C=O) groups is 2. The molecule has 2 aromatic carbocycles. The third-order valence-electron chi connectivity index (χ3n) is 8.18. The van der Waals surface area contributed by atoms with E-state index in [1.165, 1.54) is 12.1 Å². The van der Waals surface area contributed by atoms with Gasteiger partial charge in [0.1, 0.15) is 6.61 Å². The molecule has 1 aliphatic rings. The second kappa shape index (κ2) is 13.4. The number of fused-ring (bicyclic) bond motifs is 1. The van der Waals surface area contributed by atoms with Crippen LogP contribution in [0.25, 0.3) is 11.0 Å². The van der Waals surface area contributed by atoms with Crippen molar-refractivity contribution < 1.29 is 23.1 Å². The molecule has 5 rings (SSSR count). The zero-order valence-electron chi connectivity index (χ0n) is 25.5. The highest BCUT2D eigenvalue weighted by molar-refractivity contribution is 7.14. The second-order valence-electron chi connectivity index (χ2n) is 12.3. The minimum absolute atomic E-state index is 0.133. The van der Waals surface area contributed by atoms with Gasteiger partial charge in [0.2, 0.25) is 5.95 Å². The first-order valence-electron chi connectivity index (χ1n) is 14.9. The van der Waals surface area contributed by atoms with Crippen LogP contribution in [0.1, 0.15) is 72.6 Å². The number of hydrogen-bond acceptors (Lipinski definition) is 6. The van der Waals surface area contributed by atoms with Crippen LogP contribution in [0.15, 0.2) is 60.7 Å². The number of anilines is 1. The van der Waals surface area contributed by atoms with Crippen LogP contribution in [-0.4, -0.2) is 45.1 Å². The minimum atomic E-state index is -2.63. The number of alkyl halides is 2. The number of halogens is 2. The lowest BCUT2D eigenvalue weighted by Crippen LogP contribution is -2.45. The van der Waals surface area contributed by atoms with E-state index in [4.69, 9.17) is 9.72 Å². The van der Waals surface area contributed by atoms with Gasteiger partial charge < -0.3 is 19.5 Å². The van der Waals surface area contributed by atoms with Crippen molar-refractivity contribution in [3.05, 3.63) is 81.5 Å². The van der Waals surface area contributed by atoms with Gasteiger partial charge in [0.15, 0.2) is 0 Å². The Morgan fingerprint density at radius 3 is 2.57 bits per heavy atom. The summed E-state index contributed by atoms with van der Waals surface area (Å²) >= 11 is 0.772. The molecule has 1 aliphatic heterocycles. The van der Waals surface area contributed by atoms with E-state index in [1.54, 1.807) is 4.90 Å². The van der Waals surface area contributed by atoms with Crippen molar-refractivity contribution in [1.29, 1.82) is 0 Å². The molecular formula is C33H39F2N5O3S. The van der Waals surface area contributed by atoms with E-state index < -0.39 is 18.4 Å². The Morgan fingerprint density at radius 1 is 1.14 bits per heavy atom. The van der Waals surface area contributed by atoms with Gasteiger partial charge in [-0.05, 0) is 67.1 Å². The van der Waals surface area contributed by atoms with Crippen molar-refractivity contribution in [2.45, 2.75) is 78.7 Å². The number of amides is 2. The summed E-state index contributed by atoms with van der Waals surface area (Å²) in [5.41, 5.74) is 3.08. The quantitative estimate of drug-likeness (QED) is 0.190. The van der Waals surface area contributed by atoms with Gasteiger partial charge in [0.05, 0.1) is 20.8 Å². The molecule has 11 heteroatoms. The number of carbonyl (C=O) groups excluding carboxylic acids is 2. The predicted octanol–water partition coefficient (Wildman–Crippen LogP) is 7.61. The third-order valence-corrected chi connectivity index (χ3v) is 9.27. The number of thiophene rings is 1. The Kier molecular flexibility index (Phi) is 9.65. The molecule has 2 aromatic heterocycles. The molecule has 4 aromatic rings. The maximum Gasteiger partial charge on any atom is 0.410 e. The Bertz CT molecular complexity index is 1590. The molecule has 3 heterocycles. The van der Waals surface area contributed by atoms with Crippen molar-refractivity contribution in [3.63, 3.8) is 0 Å². The first kappa shape index (κ1) is 31.6. The van der Waals surface area contributed by atoms with Gasteiger partial charge in [-0.2, -0.15) is 0 Å². The molecule has 0 aliphatic carbocycles. The van der Waals surface area contributed by atoms with E-state index in [1.807, 2.05) is 60.0 Å². The van der Waals surface area contributed by atoms with E-state index in [0.717, 1.165) is 47.4 Å². The smallest absolute Gasteiger partial charge is 0.410 e. The summed E-state index contributed by atoms with van der Waals surface area (Å²) in [4.78, 5) is 33.0. The summed E-state index contributed by atoms with van der Waals surface area (Å²) in [6.07, 6.45) is -0.967. The van der Waals surface area contributed by atoms with Crippen LogP contribution in [0.4, 0.5) is 19.5 Å². The number of imidazole rings is 1. The van der Waals surface area contributed by atoms with Crippen molar-refractivity contribution in [2.75, 3.05) is 11.9 Å². The summed E-state index contributed by atoms with van der Waals surface area (Å²) in [6, 6.07) is 18.2. The van der Waals surface area contributed by atoms with Crippen LogP contribution in [0.5, 0.6) is 0 Å². The van der Waals surface area contributed by atoms with Gasteiger partial charge >= 0.3 is 6.09 Å². The summed E-state index contributed by atoms with van der Waals surface area (Å²) in [7, 11) is 0. The zero-order valence-corrected chi connectivity index (χ0v) is 26.3. The molecule has 44 heavy (non-hydrogen) atoms. The van der Waals surface area contributed by atoms with Crippen molar-refractivity contribution in [3.8, 4) is 0 Å². The molecule has 8 nitrogen and oxygen atoms in total. The van der Waals surface area contributed by atoms with Crippen LogP contribution in [0, 0.1) is 5.41 Å². The molecule has 2 unspecified atom stereocenters. The lowest BCUT2D eigenvalue weighted by atomic mass is 9.87. The van der Waals surface area contributed by atoms with Gasteiger partial charge in [0, 0.05) is 25.2 Å². The minimum Gasteiger partial charge on any atom is -0.445 e. The average molecular weight is 624 g/mol. The molecule has 1 fully saturated rings. The number of ether oxygens (including phenoxy) is 1. The summed E-state index contributed by atoms with van der Waals surface area (Å²) in [6.45, 7) is 10.3. The van der Waals surface area contributed by atoms with E-state index >= 15 is 0 Å². The van der Waals surface area contributed by atoms with Crippen LogP contribution in [0.2, 0.25) is 0 Å². The van der Waals surface area contributed by atoms with Gasteiger partial charge in [-0.25, -0.2) is 18.6 Å². The maximum absolute atomic E-state index is 13.4. The highest BCUT2D eigenvalue weighted by Gasteiger charge is 2.31. The lowest BCUT2D eigenvalue weighted by Gasteiger charge is -2.37. The fourth-order valence-corrected chi connectivity index (χ4v) is 6.03. The summed E-state index contributed by atoms with van der Waals surface area (Å²) in [5.74, 6) is -0.130. The van der Waals surface area contributed by atoms with Gasteiger partial charge in [-0.15, -0.1) is 11.3 Å². The molecule has 1 saturated heterocycles. The predicted molar refractivity (Wildman–Crippen MR) is 169 cm³/mol. The normalized spacial score (nSPS) is 15.9. The van der Waals surface area contributed by atoms with Gasteiger partial charge in [-0.3, -0.25) is 10.1 Å². The standard InChI is InChI=1S/C33H39F2N5O3S/c1-21(33(2,3)4)39(32(42)43-20-22-9-6-5-7-10-22)18-23-12-13-26-25(17-23)37-31(40(26)19-24-11-8-16-36-24)38-30(41)28-15-14-27(44-28)29(34)35/h5-7,9-10,12-15,17,21,24,29,36H,8,11,16,18-20H2,1-4H3,(H,37,38,41). The molecule has 0 radical (unpaired) electrons. The summed E-state index contributed by atoms with van der Waals surface area (Å²) in [5, 5.41) is 6.34. The largest absolute Gasteiger partial charge is 0.445 e. The number of hydrogen-bond donors (Lipinski definition) is 2. The fraction of sp³-hybridized carbons (Fsp3) is 0.424. The fourth-order valence-electron chi connectivity index (χ4n) is 5.27. The third kappa shape index (κ3) is 7.44. The van der Waals surface area contributed by atoms with Crippen molar-refractivity contribution in [1.82, 2.24) is 19.8 Å². The second-order valence-corrected chi connectivity index (χ2v) is 13.4. The molecule has 2 atom stereocenters. The SMILES string of the molecule is CC(N(Cc1ccc2c(c1)nc(NC(=O)c1ccc(C(F)F)s1)n2CC1CCCN1)C(=O)OCc1ccccc1)C(C)(C)C. The molecule has 2 amide bonds. The molecule has 0 bridgehead atoms. The molecule has 2 N–H and O–H groups in total. The molecule has 234 valence electrons. The van der Waals surface area contributed by atoms with Crippen LogP contribution < -0.4 is 10.6 Å². The number of nitrogens with zero attached hydrogens (tertiary/aromatic N) is 3. The maximum atomic E-state index is 13.4. The van der Waals surface area contributed by atoms with E-state index in [0.29, 0.717) is 24.6 Å². The number of benzene rings is 2. The first-order valence-corrected chi connectivity index (χ1v) is 15.7. The topological polar surface area (TPSA) is 88.5 Å². The molecular weight excluding hydrogens is 584 g/mol. The highest BCUT2D eigenvalue weighted by atomic mass is 32.1. The van der Waals surface area contributed by atoms with E-state index in [9.17, 15) is 18.4 Å². The van der Waals surface area contributed by atoms with Gasteiger partial charge in [-0.1, -0.05) is 57.2 Å². The Hall–Kier alpha value is -3.83.